The minimum absolute atomic E-state index is 0.436. The summed E-state index contributed by atoms with van der Waals surface area (Å²) in [5, 5.41) is 4.05. The molecule has 0 aliphatic heterocycles. The molecule has 15 heavy (non-hydrogen) atoms. The minimum Gasteiger partial charge on any atom is -0.396 e. The summed E-state index contributed by atoms with van der Waals surface area (Å²) in [5.74, 6) is 0. The van der Waals surface area contributed by atoms with Gasteiger partial charge in [-0.3, -0.25) is 0 Å². The Labute approximate surface area is 100 Å². The van der Waals surface area contributed by atoms with Crippen LogP contribution >= 0.6 is 23.2 Å². The molecule has 0 heterocycles. The van der Waals surface area contributed by atoms with E-state index in [1.165, 1.54) is 0 Å². The van der Waals surface area contributed by atoms with Crippen LogP contribution < -0.4 is 11.1 Å². The smallest absolute Gasteiger partial charge is 0.0693 e. The number of rotatable bonds is 4. The minimum atomic E-state index is 0.436. The van der Waals surface area contributed by atoms with Crippen molar-refractivity contribution in [1.29, 1.82) is 0 Å². The molecule has 2 nitrogen and oxygen atoms in total. The lowest BCUT2D eigenvalue weighted by Crippen LogP contribution is -2.05. The van der Waals surface area contributed by atoms with E-state index in [1.807, 2.05) is 13.1 Å². The van der Waals surface area contributed by atoms with Crippen molar-refractivity contribution >= 4 is 35.0 Å². The second-order valence-electron chi connectivity index (χ2n) is 3.19. The van der Waals surface area contributed by atoms with Gasteiger partial charge in [0.2, 0.25) is 0 Å². The van der Waals surface area contributed by atoms with Crippen LogP contribution in [0, 0.1) is 0 Å². The summed E-state index contributed by atoms with van der Waals surface area (Å²) in [6, 6.07) is 3.61. The topological polar surface area (TPSA) is 38.0 Å². The molecule has 1 aromatic carbocycles. The molecule has 0 radical (unpaired) electrons. The lowest BCUT2D eigenvalue weighted by atomic mass is 10.2. The SMILES string of the molecule is CNCCC=Cc1cc(Cl)c(N)c(Cl)c1. The van der Waals surface area contributed by atoms with Gasteiger partial charge in [-0.1, -0.05) is 35.4 Å². The number of anilines is 1. The maximum atomic E-state index is 5.90. The van der Waals surface area contributed by atoms with Crippen molar-refractivity contribution in [2.75, 3.05) is 19.3 Å². The molecule has 0 bridgehead atoms. The van der Waals surface area contributed by atoms with Gasteiger partial charge < -0.3 is 11.1 Å². The first-order valence-electron chi connectivity index (χ1n) is 4.71. The molecule has 0 atom stereocenters. The molecule has 1 aromatic rings. The van der Waals surface area contributed by atoms with Gasteiger partial charge in [0.15, 0.2) is 0 Å². The molecule has 0 aromatic heterocycles. The molecule has 82 valence electrons. The highest BCUT2D eigenvalue weighted by Crippen LogP contribution is 2.29. The first-order chi connectivity index (χ1) is 7.15. The van der Waals surface area contributed by atoms with Crippen LogP contribution in [0.3, 0.4) is 0 Å². The van der Waals surface area contributed by atoms with Gasteiger partial charge in [0, 0.05) is 0 Å². The molecule has 0 fully saturated rings. The fourth-order valence-electron chi connectivity index (χ4n) is 1.15. The molecule has 0 aliphatic carbocycles. The Hall–Kier alpha value is -0.700. The lowest BCUT2D eigenvalue weighted by molar-refractivity contribution is 0.809. The van der Waals surface area contributed by atoms with E-state index in [4.69, 9.17) is 28.9 Å². The Balaban J connectivity index is 2.74. The number of halogens is 2. The molecule has 0 spiro atoms. The van der Waals surface area contributed by atoms with Crippen LogP contribution in [0.5, 0.6) is 0 Å². The number of benzene rings is 1. The van der Waals surface area contributed by atoms with Crippen LogP contribution in [-0.4, -0.2) is 13.6 Å². The largest absolute Gasteiger partial charge is 0.396 e. The highest BCUT2D eigenvalue weighted by molar-refractivity contribution is 6.39. The summed E-state index contributed by atoms with van der Waals surface area (Å²) in [4.78, 5) is 0. The summed E-state index contributed by atoms with van der Waals surface area (Å²) in [7, 11) is 1.92. The standard InChI is InChI=1S/C11H14Cl2N2/c1-15-5-3-2-4-8-6-9(12)11(14)10(13)7-8/h2,4,6-7,15H,3,5,14H2,1H3. The Kier molecular flexibility index (Phi) is 4.95. The second kappa shape index (κ2) is 6.01. The molecule has 0 saturated carbocycles. The number of nitrogen functional groups attached to an aromatic ring is 1. The maximum absolute atomic E-state index is 5.90. The van der Waals surface area contributed by atoms with Crippen molar-refractivity contribution in [1.82, 2.24) is 5.32 Å². The summed E-state index contributed by atoms with van der Waals surface area (Å²) in [6.07, 6.45) is 5.01. The molecule has 0 unspecified atom stereocenters. The highest BCUT2D eigenvalue weighted by atomic mass is 35.5. The monoisotopic (exact) mass is 244 g/mol. The fraction of sp³-hybridized carbons (Fsp3) is 0.273. The van der Waals surface area contributed by atoms with Crippen LogP contribution in [0.25, 0.3) is 6.08 Å². The number of nitrogens with two attached hydrogens (primary N) is 1. The van der Waals surface area contributed by atoms with Gasteiger partial charge in [-0.2, -0.15) is 0 Å². The predicted molar refractivity (Wildman–Crippen MR) is 68.5 cm³/mol. The van der Waals surface area contributed by atoms with Crippen molar-refractivity contribution in [3.8, 4) is 0 Å². The average Bonchev–Trinajstić information content (AvgIpc) is 2.21. The highest BCUT2D eigenvalue weighted by Gasteiger charge is 2.02. The van der Waals surface area contributed by atoms with Crippen molar-refractivity contribution in [2.24, 2.45) is 0 Å². The van der Waals surface area contributed by atoms with Crippen molar-refractivity contribution in [2.45, 2.75) is 6.42 Å². The predicted octanol–water partition coefficient (Wildman–Crippen LogP) is 3.20. The molecule has 3 N–H and O–H groups in total. The van der Waals surface area contributed by atoms with Gasteiger partial charge in [0.1, 0.15) is 0 Å². The summed E-state index contributed by atoms with van der Waals surface area (Å²) in [5.41, 5.74) is 7.03. The molecular weight excluding hydrogens is 231 g/mol. The molecule has 4 heteroatoms. The zero-order valence-electron chi connectivity index (χ0n) is 8.56. The van der Waals surface area contributed by atoms with Gasteiger partial charge in [-0.25, -0.2) is 0 Å². The summed E-state index contributed by atoms with van der Waals surface area (Å²) >= 11 is 11.8. The van der Waals surface area contributed by atoms with Crippen LogP contribution in [0.4, 0.5) is 5.69 Å². The van der Waals surface area contributed by atoms with E-state index >= 15 is 0 Å². The van der Waals surface area contributed by atoms with Gasteiger partial charge in [-0.15, -0.1) is 0 Å². The first-order valence-corrected chi connectivity index (χ1v) is 5.46. The van der Waals surface area contributed by atoms with Crippen molar-refractivity contribution in [3.05, 3.63) is 33.8 Å². The zero-order chi connectivity index (χ0) is 11.3. The van der Waals surface area contributed by atoms with Gasteiger partial charge >= 0.3 is 0 Å². The van der Waals surface area contributed by atoms with Crippen LogP contribution in [0.1, 0.15) is 12.0 Å². The molecule has 1 rings (SSSR count). The fourth-order valence-corrected chi connectivity index (χ4v) is 1.65. The third kappa shape index (κ3) is 3.74. The Bertz CT molecular complexity index is 339. The quantitative estimate of drug-likeness (QED) is 0.631. The Morgan fingerprint density at radius 1 is 1.33 bits per heavy atom. The number of hydrogen-bond acceptors (Lipinski definition) is 2. The summed E-state index contributed by atoms with van der Waals surface area (Å²) in [6.45, 7) is 0.951. The van der Waals surface area contributed by atoms with E-state index in [9.17, 15) is 0 Å². The maximum Gasteiger partial charge on any atom is 0.0693 e. The van der Waals surface area contributed by atoms with Gasteiger partial charge in [0.25, 0.3) is 0 Å². The molecule has 0 aliphatic rings. The molecule has 0 amide bonds. The normalized spacial score (nSPS) is 11.1. The van der Waals surface area contributed by atoms with E-state index in [2.05, 4.69) is 11.4 Å². The Morgan fingerprint density at radius 3 is 2.47 bits per heavy atom. The van der Waals surface area contributed by atoms with Crippen LogP contribution in [0.15, 0.2) is 18.2 Å². The van der Waals surface area contributed by atoms with E-state index < -0.39 is 0 Å². The summed E-state index contributed by atoms with van der Waals surface area (Å²) < 4.78 is 0. The number of hydrogen-bond donors (Lipinski definition) is 2. The van der Waals surface area contributed by atoms with Crippen molar-refractivity contribution in [3.63, 3.8) is 0 Å². The second-order valence-corrected chi connectivity index (χ2v) is 4.01. The molecule has 0 saturated heterocycles. The first kappa shape index (κ1) is 12.4. The zero-order valence-corrected chi connectivity index (χ0v) is 10.1. The van der Waals surface area contributed by atoms with E-state index in [0.717, 1.165) is 18.5 Å². The third-order valence-electron chi connectivity index (χ3n) is 1.97. The molecular formula is C11H14Cl2N2. The van der Waals surface area contributed by atoms with E-state index in [0.29, 0.717) is 15.7 Å². The Morgan fingerprint density at radius 2 is 1.93 bits per heavy atom. The van der Waals surface area contributed by atoms with Crippen LogP contribution in [-0.2, 0) is 0 Å². The lowest BCUT2D eigenvalue weighted by Gasteiger charge is -2.02. The van der Waals surface area contributed by atoms with Crippen molar-refractivity contribution < 1.29 is 0 Å². The third-order valence-corrected chi connectivity index (χ3v) is 2.60. The van der Waals surface area contributed by atoms with E-state index in [-0.39, 0.29) is 0 Å². The number of nitrogens with one attached hydrogen (secondary N) is 1. The van der Waals surface area contributed by atoms with Gasteiger partial charge in [0.05, 0.1) is 15.7 Å². The van der Waals surface area contributed by atoms with Gasteiger partial charge in [-0.05, 0) is 37.7 Å². The average molecular weight is 245 g/mol. The van der Waals surface area contributed by atoms with E-state index in [1.54, 1.807) is 12.1 Å². The van der Waals surface area contributed by atoms with Crippen LogP contribution in [0.2, 0.25) is 10.0 Å².